The summed E-state index contributed by atoms with van der Waals surface area (Å²) >= 11 is 0. The second kappa shape index (κ2) is 2.60. The molecule has 0 radical (unpaired) electrons. The summed E-state index contributed by atoms with van der Waals surface area (Å²) in [7, 11) is 0. The van der Waals surface area contributed by atoms with Crippen LogP contribution in [0.5, 0.6) is 0 Å². The molecule has 0 saturated heterocycles. The molecule has 0 aliphatic carbocycles. The molecule has 3 N–H and O–H groups in total. The maximum atomic E-state index is 10.7. The van der Waals surface area contributed by atoms with Crippen LogP contribution in [0.4, 0.5) is 0 Å². The molecule has 1 atom stereocenters. The Morgan fingerprint density at radius 1 is 1.75 bits per heavy atom. The van der Waals surface area contributed by atoms with E-state index in [1.54, 1.807) is 0 Å². The number of carboxylic acid groups (broad SMARTS) is 1. The average Bonchev–Trinajstić information content (AvgIpc) is 2.49. The highest BCUT2D eigenvalue weighted by Gasteiger charge is 2.27. The fourth-order valence-corrected chi connectivity index (χ4v) is 1.42. The van der Waals surface area contributed by atoms with Crippen LogP contribution in [0.15, 0.2) is 6.33 Å². The summed E-state index contributed by atoms with van der Waals surface area (Å²) in [4.78, 5) is 17.6. The highest BCUT2D eigenvalue weighted by atomic mass is 16.4. The number of hydrogen-bond acceptors (Lipinski definition) is 3. The minimum Gasteiger partial charge on any atom is -0.480 e. The van der Waals surface area contributed by atoms with Crippen LogP contribution in [0.1, 0.15) is 17.4 Å². The van der Waals surface area contributed by atoms with Crippen LogP contribution in [-0.2, 0) is 11.2 Å². The van der Waals surface area contributed by atoms with Gasteiger partial charge in [-0.25, -0.2) is 4.98 Å². The van der Waals surface area contributed by atoms with Crippen LogP contribution < -0.4 is 5.32 Å². The van der Waals surface area contributed by atoms with E-state index < -0.39 is 12.0 Å². The number of hydrogen-bond donors (Lipinski definition) is 3. The van der Waals surface area contributed by atoms with Gasteiger partial charge in [-0.05, 0) is 0 Å². The van der Waals surface area contributed by atoms with Gasteiger partial charge in [0.15, 0.2) is 6.04 Å². The lowest BCUT2D eigenvalue weighted by atomic mass is 10.1. The first kappa shape index (κ1) is 7.30. The molecule has 2 rings (SSSR count). The van der Waals surface area contributed by atoms with Gasteiger partial charge >= 0.3 is 5.97 Å². The number of fused-ring (bicyclic) bond motifs is 1. The molecule has 0 fully saturated rings. The van der Waals surface area contributed by atoms with Crippen molar-refractivity contribution in [3.05, 3.63) is 17.7 Å². The van der Waals surface area contributed by atoms with Crippen molar-refractivity contribution in [1.29, 1.82) is 0 Å². The predicted octanol–water partition coefficient (Wildman–Crippen LogP) is -0.319. The van der Waals surface area contributed by atoms with Gasteiger partial charge in [-0.15, -0.1) is 0 Å². The molecule has 0 amide bonds. The molecule has 0 unspecified atom stereocenters. The molecule has 1 aromatic heterocycles. The van der Waals surface area contributed by atoms with Crippen molar-refractivity contribution in [3.8, 4) is 0 Å². The molecule has 1 aromatic rings. The van der Waals surface area contributed by atoms with Gasteiger partial charge in [-0.2, -0.15) is 0 Å². The van der Waals surface area contributed by atoms with Crippen LogP contribution >= 0.6 is 0 Å². The predicted molar refractivity (Wildman–Crippen MR) is 40.7 cm³/mol. The molecule has 1 aliphatic rings. The van der Waals surface area contributed by atoms with Gasteiger partial charge in [-0.1, -0.05) is 0 Å². The molecule has 0 saturated carbocycles. The first-order valence-electron chi connectivity index (χ1n) is 3.77. The van der Waals surface area contributed by atoms with Crippen molar-refractivity contribution in [2.45, 2.75) is 12.5 Å². The summed E-state index contributed by atoms with van der Waals surface area (Å²) in [5.41, 5.74) is 1.55. The van der Waals surface area contributed by atoms with Crippen LogP contribution in [0, 0.1) is 0 Å². The summed E-state index contributed by atoms with van der Waals surface area (Å²) in [6.07, 6.45) is 2.35. The summed E-state index contributed by atoms with van der Waals surface area (Å²) in [5.74, 6) is -0.872. The molecule has 1 aliphatic heterocycles. The quantitative estimate of drug-likeness (QED) is 0.535. The molecule has 0 bridgehead atoms. The highest BCUT2D eigenvalue weighted by Crippen LogP contribution is 2.18. The lowest BCUT2D eigenvalue weighted by Gasteiger charge is -2.18. The molecule has 5 heteroatoms. The van der Waals surface area contributed by atoms with Crippen LogP contribution in [0.25, 0.3) is 0 Å². The third-order valence-electron chi connectivity index (χ3n) is 2.00. The maximum Gasteiger partial charge on any atom is 0.327 e. The van der Waals surface area contributed by atoms with Gasteiger partial charge in [0.25, 0.3) is 0 Å². The van der Waals surface area contributed by atoms with Crippen LogP contribution in [0.2, 0.25) is 0 Å². The monoisotopic (exact) mass is 167 g/mol. The summed E-state index contributed by atoms with van der Waals surface area (Å²) in [5, 5.41) is 11.7. The maximum absolute atomic E-state index is 10.7. The first-order chi connectivity index (χ1) is 5.79. The number of carbonyl (C=O) groups is 1. The molecule has 0 spiro atoms. The zero-order valence-corrected chi connectivity index (χ0v) is 6.37. The van der Waals surface area contributed by atoms with Gasteiger partial charge in [0, 0.05) is 18.7 Å². The lowest BCUT2D eigenvalue weighted by molar-refractivity contribution is -0.139. The molecule has 64 valence electrons. The number of nitrogens with one attached hydrogen (secondary N) is 2. The SMILES string of the molecule is O=C(O)[C@@H]1NCCc2[nH]cnc21. The molecule has 12 heavy (non-hydrogen) atoms. The number of rotatable bonds is 1. The number of carboxylic acids is 1. The fraction of sp³-hybridized carbons (Fsp3) is 0.429. The van der Waals surface area contributed by atoms with Gasteiger partial charge in [0.05, 0.1) is 12.0 Å². The molecular formula is C7H9N3O2. The van der Waals surface area contributed by atoms with Gasteiger partial charge < -0.3 is 10.1 Å². The summed E-state index contributed by atoms with van der Waals surface area (Å²) < 4.78 is 0. The third kappa shape index (κ3) is 0.984. The average molecular weight is 167 g/mol. The van der Waals surface area contributed by atoms with E-state index in [9.17, 15) is 4.79 Å². The third-order valence-corrected chi connectivity index (χ3v) is 2.00. The molecule has 2 heterocycles. The Hall–Kier alpha value is -1.36. The van der Waals surface area contributed by atoms with E-state index in [0.29, 0.717) is 12.2 Å². The second-order valence-corrected chi connectivity index (χ2v) is 2.74. The van der Waals surface area contributed by atoms with Crippen molar-refractivity contribution in [3.63, 3.8) is 0 Å². The van der Waals surface area contributed by atoms with E-state index in [1.807, 2.05) is 0 Å². The Morgan fingerprint density at radius 2 is 2.58 bits per heavy atom. The number of H-pyrrole nitrogens is 1. The number of aromatic amines is 1. The number of imidazole rings is 1. The second-order valence-electron chi connectivity index (χ2n) is 2.74. The first-order valence-corrected chi connectivity index (χ1v) is 3.77. The zero-order valence-electron chi connectivity index (χ0n) is 6.37. The number of aliphatic carboxylic acids is 1. The topological polar surface area (TPSA) is 78.0 Å². The number of aromatic nitrogens is 2. The highest BCUT2D eigenvalue weighted by molar-refractivity contribution is 5.75. The van der Waals surface area contributed by atoms with Crippen molar-refractivity contribution in [2.24, 2.45) is 0 Å². The van der Waals surface area contributed by atoms with Gasteiger partial charge in [0.2, 0.25) is 0 Å². The van der Waals surface area contributed by atoms with Gasteiger partial charge in [0.1, 0.15) is 0 Å². The zero-order chi connectivity index (χ0) is 8.55. The Bertz CT molecular complexity index is 307. The van der Waals surface area contributed by atoms with E-state index >= 15 is 0 Å². The largest absolute Gasteiger partial charge is 0.480 e. The normalized spacial score (nSPS) is 21.8. The molecule has 5 nitrogen and oxygen atoms in total. The molecule has 0 aromatic carbocycles. The van der Waals surface area contributed by atoms with Crippen molar-refractivity contribution < 1.29 is 9.90 Å². The van der Waals surface area contributed by atoms with E-state index in [1.165, 1.54) is 6.33 Å². The fourth-order valence-electron chi connectivity index (χ4n) is 1.42. The summed E-state index contributed by atoms with van der Waals surface area (Å²) in [6.45, 7) is 0.687. The van der Waals surface area contributed by atoms with Crippen LogP contribution in [-0.4, -0.2) is 27.6 Å². The van der Waals surface area contributed by atoms with E-state index in [4.69, 9.17) is 5.11 Å². The Balaban J connectivity index is 2.37. The minimum atomic E-state index is -0.872. The summed E-state index contributed by atoms with van der Waals surface area (Å²) in [6, 6.07) is -0.639. The smallest absolute Gasteiger partial charge is 0.327 e. The van der Waals surface area contributed by atoms with E-state index in [0.717, 1.165) is 12.1 Å². The van der Waals surface area contributed by atoms with Crippen LogP contribution in [0.3, 0.4) is 0 Å². The minimum absolute atomic E-state index is 0.619. The Labute approximate surface area is 68.8 Å². The molecular weight excluding hydrogens is 158 g/mol. The standard InChI is InChI=1S/C7H9N3O2/c11-7(12)6-5-4(1-2-8-6)9-3-10-5/h3,6,8H,1-2H2,(H,9,10)(H,11,12)/t6-/m1/s1. The van der Waals surface area contributed by atoms with Crippen molar-refractivity contribution in [1.82, 2.24) is 15.3 Å². The lowest BCUT2D eigenvalue weighted by Crippen LogP contribution is -2.35. The van der Waals surface area contributed by atoms with Gasteiger partial charge in [-0.3, -0.25) is 10.1 Å². The van der Waals surface area contributed by atoms with E-state index in [-0.39, 0.29) is 0 Å². The van der Waals surface area contributed by atoms with E-state index in [2.05, 4.69) is 15.3 Å². The number of nitrogens with zero attached hydrogens (tertiary/aromatic N) is 1. The van der Waals surface area contributed by atoms with Crippen molar-refractivity contribution >= 4 is 5.97 Å². The Kier molecular flexibility index (Phi) is 1.58. The Morgan fingerprint density at radius 3 is 3.33 bits per heavy atom. The van der Waals surface area contributed by atoms with Crippen molar-refractivity contribution in [2.75, 3.05) is 6.54 Å².